The van der Waals surface area contributed by atoms with Crippen LogP contribution in [0.25, 0.3) is 0 Å². The highest BCUT2D eigenvalue weighted by Gasteiger charge is 2.31. The van der Waals surface area contributed by atoms with Crippen LogP contribution in [0.2, 0.25) is 0 Å². The standard InChI is InChI=1S/C17H18N4O4/c1-10-18-16(20-25-10)11-4-3-7-21(8-11)17(23)12-5-2-6-13-15(12)24-9-14(22)19-13/h2,5-6,11H,3-4,7-9H2,1H3,(H,19,22)/t11-/m0/s1. The fraction of sp³-hybridized carbons (Fsp3) is 0.412. The van der Waals surface area contributed by atoms with Crippen molar-refractivity contribution in [2.45, 2.75) is 25.7 Å². The average molecular weight is 342 g/mol. The van der Waals surface area contributed by atoms with Gasteiger partial charge in [-0.05, 0) is 25.0 Å². The second kappa shape index (κ2) is 6.19. The summed E-state index contributed by atoms with van der Waals surface area (Å²) in [7, 11) is 0. The fourth-order valence-electron chi connectivity index (χ4n) is 3.31. The minimum absolute atomic E-state index is 0.0651. The van der Waals surface area contributed by atoms with E-state index in [0.29, 0.717) is 41.8 Å². The van der Waals surface area contributed by atoms with Gasteiger partial charge >= 0.3 is 0 Å². The van der Waals surface area contributed by atoms with Crippen LogP contribution in [0.5, 0.6) is 5.75 Å². The van der Waals surface area contributed by atoms with Crippen LogP contribution in [0.15, 0.2) is 22.7 Å². The molecule has 1 atom stereocenters. The molecule has 0 unspecified atom stereocenters. The molecule has 1 aromatic carbocycles. The summed E-state index contributed by atoms with van der Waals surface area (Å²) in [5.41, 5.74) is 0.992. The summed E-state index contributed by atoms with van der Waals surface area (Å²) in [6, 6.07) is 5.19. The van der Waals surface area contributed by atoms with Crippen LogP contribution < -0.4 is 10.1 Å². The maximum atomic E-state index is 13.0. The summed E-state index contributed by atoms with van der Waals surface area (Å²) in [5, 5.41) is 6.72. The van der Waals surface area contributed by atoms with Gasteiger partial charge in [0.25, 0.3) is 11.8 Å². The Morgan fingerprint density at radius 3 is 3.08 bits per heavy atom. The molecule has 2 aliphatic rings. The predicted octanol–water partition coefficient (Wildman–Crippen LogP) is 1.73. The number of para-hydroxylation sites is 1. The highest BCUT2D eigenvalue weighted by Crippen LogP contribution is 2.34. The van der Waals surface area contributed by atoms with Gasteiger partial charge in [-0.3, -0.25) is 9.59 Å². The Balaban J connectivity index is 1.57. The van der Waals surface area contributed by atoms with Crippen molar-refractivity contribution >= 4 is 17.5 Å². The largest absolute Gasteiger partial charge is 0.481 e. The number of ether oxygens (including phenoxy) is 1. The highest BCUT2D eigenvalue weighted by molar-refractivity contribution is 6.03. The number of aryl methyl sites for hydroxylation is 1. The second-order valence-electron chi connectivity index (χ2n) is 6.28. The first-order chi connectivity index (χ1) is 12.1. The maximum Gasteiger partial charge on any atom is 0.262 e. The van der Waals surface area contributed by atoms with Crippen LogP contribution in [-0.2, 0) is 4.79 Å². The van der Waals surface area contributed by atoms with Gasteiger partial charge in [-0.25, -0.2) is 0 Å². The van der Waals surface area contributed by atoms with E-state index >= 15 is 0 Å². The summed E-state index contributed by atoms with van der Waals surface area (Å²) in [5.74, 6) is 1.34. The number of anilines is 1. The minimum atomic E-state index is -0.220. The molecule has 0 aliphatic carbocycles. The number of hydrogen-bond acceptors (Lipinski definition) is 6. The molecule has 1 aromatic heterocycles. The zero-order valence-corrected chi connectivity index (χ0v) is 13.8. The van der Waals surface area contributed by atoms with E-state index in [1.165, 1.54) is 0 Å². The van der Waals surface area contributed by atoms with Crippen LogP contribution in [-0.4, -0.2) is 46.6 Å². The third-order valence-corrected chi connectivity index (χ3v) is 4.48. The van der Waals surface area contributed by atoms with Crippen LogP contribution in [0, 0.1) is 6.92 Å². The van der Waals surface area contributed by atoms with E-state index in [1.807, 2.05) is 0 Å². The first-order valence-corrected chi connectivity index (χ1v) is 8.27. The lowest BCUT2D eigenvalue weighted by Crippen LogP contribution is -2.40. The van der Waals surface area contributed by atoms with E-state index < -0.39 is 0 Å². The number of hydrogen-bond donors (Lipinski definition) is 1. The summed E-state index contributed by atoms with van der Waals surface area (Å²) in [6.07, 6.45) is 1.79. The van der Waals surface area contributed by atoms with Crippen molar-refractivity contribution in [3.8, 4) is 5.75 Å². The molecule has 0 radical (unpaired) electrons. The van der Waals surface area contributed by atoms with Gasteiger partial charge in [-0.2, -0.15) is 4.98 Å². The molecular weight excluding hydrogens is 324 g/mol. The number of carbonyl (C=O) groups excluding carboxylic acids is 2. The number of nitrogens with zero attached hydrogens (tertiary/aromatic N) is 3. The molecule has 0 spiro atoms. The first-order valence-electron chi connectivity index (χ1n) is 8.27. The number of carbonyl (C=O) groups is 2. The lowest BCUT2D eigenvalue weighted by molar-refractivity contribution is -0.118. The van der Waals surface area contributed by atoms with Crippen molar-refractivity contribution in [3.63, 3.8) is 0 Å². The van der Waals surface area contributed by atoms with Crippen molar-refractivity contribution in [2.24, 2.45) is 0 Å². The number of nitrogens with one attached hydrogen (secondary N) is 1. The minimum Gasteiger partial charge on any atom is -0.481 e. The number of piperidine rings is 1. The lowest BCUT2D eigenvalue weighted by Gasteiger charge is -2.32. The monoisotopic (exact) mass is 342 g/mol. The van der Waals surface area contributed by atoms with Crippen LogP contribution in [0.1, 0.15) is 40.8 Å². The third kappa shape index (κ3) is 2.95. The van der Waals surface area contributed by atoms with Crippen molar-refractivity contribution in [1.29, 1.82) is 0 Å². The Kier molecular flexibility index (Phi) is 3.87. The van der Waals surface area contributed by atoms with Crippen LogP contribution in [0.4, 0.5) is 5.69 Å². The first kappa shape index (κ1) is 15.6. The van der Waals surface area contributed by atoms with E-state index in [1.54, 1.807) is 30.0 Å². The molecular formula is C17H18N4O4. The molecule has 25 heavy (non-hydrogen) atoms. The Labute approximate surface area is 144 Å². The van der Waals surface area contributed by atoms with E-state index in [-0.39, 0.29) is 24.3 Å². The van der Waals surface area contributed by atoms with E-state index in [2.05, 4.69) is 15.5 Å². The third-order valence-electron chi connectivity index (χ3n) is 4.48. The van der Waals surface area contributed by atoms with Gasteiger partial charge in [0.05, 0.1) is 11.3 Å². The molecule has 0 saturated carbocycles. The SMILES string of the molecule is Cc1nc([C@H]2CCCN(C(=O)c3cccc4c3OCC(=O)N4)C2)no1. The summed E-state index contributed by atoms with van der Waals surface area (Å²) >= 11 is 0. The van der Waals surface area contributed by atoms with Crippen molar-refractivity contribution in [3.05, 3.63) is 35.5 Å². The molecule has 4 rings (SSSR count). The topological polar surface area (TPSA) is 97.6 Å². The molecule has 2 aliphatic heterocycles. The Morgan fingerprint density at radius 2 is 2.28 bits per heavy atom. The number of rotatable bonds is 2. The smallest absolute Gasteiger partial charge is 0.262 e. The number of likely N-dealkylation sites (tertiary alicyclic amines) is 1. The average Bonchev–Trinajstić information content (AvgIpc) is 3.07. The number of benzene rings is 1. The quantitative estimate of drug-likeness (QED) is 0.892. The van der Waals surface area contributed by atoms with E-state index in [9.17, 15) is 9.59 Å². The Bertz CT molecular complexity index is 832. The molecule has 1 N–H and O–H groups in total. The summed E-state index contributed by atoms with van der Waals surface area (Å²) in [6.45, 7) is 2.88. The van der Waals surface area contributed by atoms with Crippen molar-refractivity contribution in [2.75, 3.05) is 25.0 Å². The maximum absolute atomic E-state index is 13.0. The highest BCUT2D eigenvalue weighted by atomic mass is 16.5. The lowest BCUT2D eigenvalue weighted by atomic mass is 9.96. The van der Waals surface area contributed by atoms with Crippen molar-refractivity contribution in [1.82, 2.24) is 15.0 Å². The van der Waals surface area contributed by atoms with Crippen molar-refractivity contribution < 1.29 is 18.8 Å². The van der Waals surface area contributed by atoms with E-state index in [0.717, 1.165) is 12.8 Å². The van der Waals surface area contributed by atoms with Crippen LogP contribution >= 0.6 is 0 Å². The molecule has 8 heteroatoms. The van der Waals surface area contributed by atoms with Gasteiger partial charge in [0.15, 0.2) is 18.2 Å². The normalized spacial score (nSPS) is 19.8. The number of amides is 2. The summed E-state index contributed by atoms with van der Waals surface area (Å²) < 4.78 is 10.6. The molecule has 130 valence electrons. The number of aromatic nitrogens is 2. The van der Waals surface area contributed by atoms with Gasteiger partial charge in [-0.1, -0.05) is 11.2 Å². The zero-order chi connectivity index (χ0) is 17.4. The van der Waals surface area contributed by atoms with Gasteiger partial charge in [-0.15, -0.1) is 0 Å². The van der Waals surface area contributed by atoms with Gasteiger partial charge in [0.2, 0.25) is 5.89 Å². The van der Waals surface area contributed by atoms with E-state index in [4.69, 9.17) is 9.26 Å². The Hall–Kier alpha value is -2.90. The summed E-state index contributed by atoms with van der Waals surface area (Å²) in [4.78, 5) is 30.5. The predicted molar refractivity (Wildman–Crippen MR) is 87.5 cm³/mol. The second-order valence-corrected chi connectivity index (χ2v) is 6.28. The molecule has 3 heterocycles. The van der Waals surface area contributed by atoms with Crippen LogP contribution in [0.3, 0.4) is 0 Å². The molecule has 0 bridgehead atoms. The molecule has 8 nitrogen and oxygen atoms in total. The van der Waals surface area contributed by atoms with Gasteiger partial charge < -0.3 is 19.5 Å². The van der Waals surface area contributed by atoms with Gasteiger partial charge in [0, 0.05) is 25.9 Å². The molecule has 1 saturated heterocycles. The van der Waals surface area contributed by atoms with Gasteiger partial charge in [0.1, 0.15) is 0 Å². The molecule has 1 fully saturated rings. The molecule has 2 aromatic rings. The number of fused-ring (bicyclic) bond motifs is 1. The zero-order valence-electron chi connectivity index (χ0n) is 13.8. The molecule has 2 amide bonds. The fourth-order valence-corrected chi connectivity index (χ4v) is 3.31. The Morgan fingerprint density at radius 1 is 1.40 bits per heavy atom.